The molecule has 2 rings (SSSR count). The lowest BCUT2D eigenvalue weighted by Crippen LogP contribution is -2.37. The second-order valence-corrected chi connectivity index (χ2v) is 6.17. The van der Waals surface area contributed by atoms with Crippen LogP contribution < -0.4 is 5.32 Å². The zero-order valence-corrected chi connectivity index (χ0v) is 12.0. The molecule has 1 heterocycles. The highest BCUT2D eigenvalue weighted by Crippen LogP contribution is 2.28. The molecule has 0 saturated carbocycles. The van der Waals surface area contributed by atoms with Crippen LogP contribution in [0.5, 0.6) is 0 Å². The molecule has 0 amide bonds. The number of hydrogen-bond donors (Lipinski definition) is 1. The number of hydrogen-bond acceptors (Lipinski definition) is 3. The lowest BCUT2D eigenvalue weighted by molar-refractivity contribution is -0.161. The number of esters is 1. The van der Waals surface area contributed by atoms with E-state index >= 15 is 0 Å². The first kappa shape index (κ1) is 14.1. The van der Waals surface area contributed by atoms with Gasteiger partial charge in [-0.25, -0.2) is 0 Å². The van der Waals surface area contributed by atoms with Crippen molar-refractivity contribution in [3.63, 3.8) is 0 Å². The van der Waals surface area contributed by atoms with E-state index in [1.807, 2.05) is 39.0 Å². The van der Waals surface area contributed by atoms with E-state index in [9.17, 15) is 4.79 Å². The van der Waals surface area contributed by atoms with Crippen LogP contribution in [0, 0.1) is 5.92 Å². The Hall–Kier alpha value is -1.35. The molecule has 1 saturated heterocycles. The summed E-state index contributed by atoms with van der Waals surface area (Å²) in [5, 5.41) is 3.48. The Morgan fingerprint density at radius 1 is 1.26 bits per heavy atom. The highest BCUT2D eigenvalue weighted by atomic mass is 16.6. The Bertz CT molecular complexity index is 422. The molecule has 1 aliphatic rings. The monoisotopic (exact) mass is 261 g/mol. The van der Waals surface area contributed by atoms with Gasteiger partial charge in [-0.2, -0.15) is 0 Å². The third-order valence-electron chi connectivity index (χ3n) is 3.35. The summed E-state index contributed by atoms with van der Waals surface area (Å²) in [6.07, 6.45) is 1.68. The zero-order chi connectivity index (χ0) is 13.9. The van der Waals surface area contributed by atoms with Crippen LogP contribution >= 0.6 is 0 Å². The number of carbonyl (C=O) groups is 1. The lowest BCUT2D eigenvalue weighted by atomic mass is 9.88. The summed E-state index contributed by atoms with van der Waals surface area (Å²) in [6.45, 7) is 6.62. The van der Waals surface area contributed by atoms with Crippen LogP contribution in [0.2, 0.25) is 0 Å². The number of benzene rings is 1. The second kappa shape index (κ2) is 5.74. The van der Waals surface area contributed by atoms with E-state index < -0.39 is 5.60 Å². The Balaban J connectivity index is 2.00. The van der Waals surface area contributed by atoms with Gasteiger partial charge in [0.2, 0.25) is 0 Å². The van der Waals surface area contributed by atoms with Gasteiger partial charge in [-0.1, -0.05) is 30.3 Å². The highest BCUT2D eigenvalue weighted by molar-refractivity contribution is 5.73. The van der Waals surface area contributed by atoms with Crippen LogP contribution in [0.1, 0.15) is 45.2 Å². The Kier molecular flexibility index (Phi) is 4.25. The van der Waals surface area contributed by atoms with E-state index in [1.54, 1.807) is 0 Å². The van der Waals surface area contributed by atoms with Crippen LogP contribution in [-0.4, -0.2) is 18.1 Å². The van der Waals surface area contributed by atoms with Gasteiger partial charge in [0, 0.05) is 6.04 Å². The molecule has 1 N–H and O–H groups in total. The predicted molar refractivity (Wildman–Crippen MR) is 75.8 cm³/mol. The topological polar surface area (TPSA) is 38.3 Å². The minimum atomic E-state index is -0.399. The van der Waals surface area contributed by atoms with Crippen molar-refractivity contribution >= 4 is 5.97 Å². The molecule has 0 unspecified atom stereocenters. The van der Waals surface area contributed by atoms with Gasteiger partial charge in [0.05, 0.1) is 5.92 Å². The summed E-state index contributed by atoms with van der Waals surface area (Å²) in [5.74, 6) is -0.0550. The molecule has 3 nitrogen and oxygen atoms in total. The molecule has 1 fully saturated rings. The normalized spacial score (nSPS) is 23.9. The summed E-state index contributed by atoms with van der Waals surface area (Å²) in [6, 6.07) is 10.6. The van der Waals surface area contributed by atoms with Crippen molar-refractivity contribution in [2.75, 3.05) is 6.54 Å². The van der Waals surface area contributed by atoms with Gasteiger partial charge < -0.3 is 10.1 Å². The number of nitrogens with one attached hydrogen (secondary N) is 1. The average molecular weight is 261 g/mol. The van der Waals surface area contributed by atoms with E-state index in [2.05, 4.69) is 17.4 Å². The first-order valence-corrected chi connectivity index (χ1v) is 6.97. The zero-order valence-electron chi connectivity index (χ0n) is 12.0. The molecule has 104 valence electrons. The summed E-state index contributed by atoms with van der Waals surface area (Å²) in [4.78, 5) is 12.1. The van der Waals surface area contributed by atoms with Crippen molar-refractivity contribution in [1.29, 1.82) is 0 Å². The standard InChI is InChI=1S/C16H23NO2/c1-16(2,3)19-15(18)13-9-10-17-14(11-13)12-7-5-4-6-8-12/h4-8,13-14,17H,9-11H2,1-3H3/t13-,14+/m1/s1. The van der Waals surface area contributed by atoms with Crippen LogP contribution in [0.4, 0.5) is 0 Å². The van der Waals surface area contributed by atoms with E-state index in [0.717, 1.165) is 19.4 Å². The van der Waals surface area contributed by atoms with E-state index in [0.29, 0.717) is 0 Å². The van der Waals surface area contributed by atoms with Gasteiger partial charge in [-0.05, 0) is 45.7 Å². The van der Waals surface area contributed by atoms with Gasteiger partial charge in [-0.15, -0.1) is 0 Å². The summed E-state index contributed by atoms with van der Waals surface area (Å²) >= 11 is 0. The molecule has 1 aliphatic heterocycles. The fraction of sp³-hybridized carbons (Fsp3) is 0.562. The molecule has 1 aromatic carbocycles. The first-order chi connectivity index (χ1) is 8.96. The van der Waals surface area contributed by atoms with Crippen LogP contribution in [0.25, 0.3) is 0 Å². The lowest BCUT2D eigenvalue weighted by Gasteiger charge is -2.31. The van der Waals surface area contributed by atoms with Crippen molar-refractivity contribution in [2.45, 2.75) is 45.3 Å². The average Bonchev–Trinajstić information content (AvgIpc) is 2.38. The Labute approximate surface area is 115 Å². The van der Waals surface area contributed by atoms with Crippen molar-refractivity contribution in [2.24, 2.45) is 5.92 Å². The van der Waals surface area contributed by atoms with E-state index in [-0.39, 0.29) is 17.9 Å². The summed E-state index contributed by atoms with van der Waals surface area (Å²) in [5.41, 5.74) is 0.847. The molecular weight excluding hydrogens is 238 g/mol. The molecule has 2 atom stereocenters. The molecular formula is C16H23NO2. The van der Waals surface area contributed by atoms with Gasteiger partial charge in [0.25, 0.3) is 0 Å². The fourth-order valence-corrected chi connectivity index (χ4v) is 2.46. The first-order valence-electron chi connectivity index (χ1n) is 6.97. The van der Waals surface area contributed by atoms with Crippen LogP contribution in [-0.2, 0) is 9.53 Å². The highest BCUT2D eigenvalue weighted by Gasteiger charge is 2.30. The maximum absolute atomic E-state index is 12.1. The molecule has 0 aliphatic carbocycles. The molecule has 0 radical (unpaired) electrons. The Morgan fingerprint density at radius 3 is 2.58 bits per heavy atom. The molecule has 19 heavy (non-hydrogen) atoms. The smallest absolute Gasteiger partial charge is 0.309 e. The van der Waals surface area contributed by atoms with Crippen LogP contribution in [0.3, 0.4) is 0 Å². The molecule has 0 bridgehead atoms. The van der Waals surface area contributed by atoms with Gasteiger partial charge >= 0.3 is 5.97 Å². The van der Waals surface area contributed by atoms with Crippen molar-refractivity contribution < 1.29 is 9.53 Å². The Morgan fingerprint density at radius 2 is 1.95 bits per heavy atom. The maximum atomic E-state index is 12.1. The fourth-order valence-electron chi connectivity index (χ4n) is 2.46. The van der Waals surface area contributed by atoms with Gasteiger partial charge in [0.15, 0.2) is 0 Å². The minimum Gasteiger partial charge on any atom is -0.460 e. The SMILES string of the molecule is CC(C)(C)OC(=O)[C@@H]1CCN[C@H](c2ccccc2)C1. The van der Waals surface area contributed by atoms with Crippen molar-refractivity contribution in [3.8, 4) is 0 Å². The quantitative estimate of drug-likeness (QED) is 0.831. The summed E-state index contributed by atoms with van der Waals surface area (Å²) in [7, 11) is 0. The largest absolute Gasteiger partial charge is 0.460 e. The number of carbonyl (C=O) groups excluding carboxylic acids is 1. The van der Waals surface area contributed by atoms with E-state index in [1.165, 1.54) is 5.56 Å². The second-order valence-electron chi connectivity index (χ2n) is 6.17. The summed E-state index contributed by atoms with van der Waals surface area (Å²) < 4.78 is 5.49. The predicted octanol–water partition coefficient (Wildman–Crippen LogP) is 3.07. The molecule has 0 spiro atoms. The minimum absolute atomic E-state index is 0.00526. The maximum Gasteiger partial charge on any atom is 0.309 e. The number of piperidine rings is 1. The van der Waals surface area contributed by atoms with Crippen LogP contribution in [0.15, 0.2) is 30.3 Å². The van der Waals surface area contributed by atoms with Gasteiger partial charge in [-0.3, -0.25) is 4.79 Å². The van der Waals surface area contributed by atoms with Gasteiger partial charge in [0.1, 0.15) is 5.60 Å². The van der Waals surface area contributed by atoms with Crippen molar-refractivity contribution in [1.82, 2.24) is 5.32 Å². The molecule has 0 aromatic heterocycles. The van der Waals surface area contributed by atoms with E-state index in [4.69, 9.17) is 4.74 Å². The molecule has 3 heteroatoms. The molecule has 1 aromatic rings. The number of rotatable bonds is 2. The third kappa shape index (κ3) is 4.06. The third-order valence-corrected chi connectivity index (χ3v) is 3.35. The van der Waals surface area contributed by atoms with Crippen molar-refractivity contribution in [3.05, 3.63) is 35.9 Å². The number of ether oxygens (including phenoxy) is 1.